The van der Waals surface area contributed by atoms with Crippen LogP contribution in [-0.2, 0) is 0 Å². The van der Waals surface area contributed by atoms with E-state index in [1.54, 1.807) is 22.7 Å². The minimum atomic E-state index is -0.577. The molecule has 0 saturated heterocycles. The van der Waals surface area contributed by atoms with Gasteiger partial charge in [0.2, 0.25) is 5.43 Å². The molecule has 0 atom stereocenters. The van der Waals surface area contributed by atoms with E-state index in [1.165, 1.54) is 6.07 Å². The largest absolute Gasteiger partial charge is 0.456 e. The van der Waals surface area contributed by atoms with Crippen LogP contribution in [0.15, 0.2) is 57.9 Å². The van der Waals surface area contributed by atoms with Gasteiger partial charge in [-0.25, -0.2) is 4.39 Å². The lowest BCUT2D eigenvalue weighted by Crippen LogP contribution is -2.36. The first-order chi connectivity index (χ1) is 20.8. The molecule has 2 aromatic heterocycles. The van der Waals surface area contributed by atoms with Crippen molar-refractivity contribution in [3.05, 3.63) is 70.3 Å². The number of furan rings is 1. The fraction of sp³-hybridized carbons (Fsp3) is 0.353. The lowest BCUT2D eigenvalue weighted by atomic mass is 10.0. The Labute approximate surface area is 249 Å². The van der Waals surface area contributed by atoms with Crippen LogP contribution in [-0.4, -0.2) is 55.6 Å². The highest BCUT2D eigenvalue weighted by atomic mass is 19.1. The topological polar surface area (TPSA) is 80.0 Å². The van der Waals surface area contributed by atoms with Crippen LogP contribution in [0.1, 0.15) is 49.9 Å². The molecule has 0 saturated carbocycles. The summed E-state index contributed by atoms with van der Waals surface area (Å²) in [4.78, 5) is 31.1. The summed E-state index contributed by atoms with van der Waals surface area (Å²) in [5.41, 5.74) is 2.07. The van der Waals surface area contributed by atoms with E-state index in [0.29, 0.717) is 42.2 Å². The van der Waals surface area contributed by atoms with Crippen LogP contribution in [0.25, 0.3) is 38.5 Å². The van der Waals surface area contributed by atoms with E-state index in [-0.39, 0.29) is 22.4 Å². The number of halogens is 1. The van der Waals surface area contributed by atoms with Gasteiger partial charge in [-0.05, 0) is 44.6 Å². The number of para-hydroxylation sites is 1. The maximum atomic E-state index is 15.8. The normalized spacial score (nSPS) is 12.2. The number of anilines is 1. The number of amides is 1. The zero-order chi connectivity index (χ0) is 30.2. The number of hydrogen-bond donors (Lipinski definition) is 1. The maximum absolute atomic E-state index is 15.8. The Morgan fingerprint density at radius 3 is 2.56 bits per heavy atom. The summed E-state index contributed by atoms with van der Waals surface area (Å²) in [6.45, 7) is 6.76. The molecule has 1 N–H and O–H groups in total. The van der Waals surface area contributed by atoms with Gasteiger partial charge in [0.15, 0.2) is 17.3 Å². The van der Waals surface area contributed by atoms with Crippen molar-refractivity contribution in [2.75, 3.05) is 45.2 Å². The molecule has 43 heavy (non-hydrogen) atoms. The standard InChI is InChI=1S/C34H37FN4O4/c1-5-7-10-15-37(3)16-13-36-34(41)24-20-39-26-19-28-22(21-11-8-9-12-27(21)42-28)18-29(26)43-33-30(39)23(32(24)40)17-25(35)31(33)38(4)14-6-2/h8-9,11-12,17-20H,5-7,10,13-16H2,1-4H3,(H,36,41). The molecule has 0 spiro atoms. The number of benzene rings is 3. The third-order valence-corrected chi connectivity index (χ3v) is 8.21. The molecule has 1 amide bonds. The molecule has 3 heterocycles. The molecular formula is C34H37FN4O4. The van der Waals surface area contributed by atoms with E-state index in [4.69, 9.17) is 9.15 Å². The van der Waals surface area contributed by atoms with Gasteiger partial charge in [0.1, 0.15) is 27.9 Å². The van der Waals surface area contributed by atoms with Crippen LogP contribution in [0.5, 0.6) is 11.5 Å². The molecule has 224 valence electrons. The van der Waals surface area contributed by atoms with Gasteiger partial charge in [-0.3, -0.25) is 9.59 Å². The van der Waals surface area contributed by atoms with Crippen molar-refractivity contribution in [1.82, 2.24) is 14.8 Å². The Balaban J connectivity index is 1.48. The molecule has 0 unspecified atom stereocenters. The minimum Gasteiger partial charge on any atom is -0.456 e. The molecule has 0 fully saturated rings. The lowest BCUT2D eigenvalue weighted by Gasteiger charge is -2.29. The predicted molar refractivity (Wildman–Crippen MR) is 170 cm³/mol. The molecule has 1 aliphatic rings. The van der Waals surface area contributed by atoms with Crippen LogP contribution in [0, 0.1) is 5.82 Å². The number of aromatic nitrogens is 1. The van der Waals surface area contributed by atoms with E-state index in [2.05, 4.69) is 17.1 Å². The Bertz CT molecular complexity index is 1910. The maximum Gasteiger partial charge on any atom is 0.256 e. The van der Waals surface area contributed by atoms with Gasteiger partial charge in [-0.15, -0.1) is 0 Å². The van der Waals surface area contributed by atoms with Crippen molar-refractivity contribution in [2.24, 2.45) is 0 Å². The summed E-state index contributed by atoms with van der Waals surface area (Å²) in [6.07, 6.45) is 5.75. The van der Waals surface area contributed by atoms with Crippen LogP contribution in [0.3, 0.4) is 0 Å². The van der Waals surface area contributed by atoms with Crippen LogP contribution in [0.2, 0.25) is 0 Å². The average molecular weight is 585 g/mol. The van der Waals surface area contributed by atoms with Crippen molar-refractivity contribution in [1.29, 1.82) is 0 Å². The predicted octanol–water partition coefficient (Wildman–Crippen LogP) is 6.83. The number of likely N-dealkylation sites (N-methyl/N-ethyl adjacent to an activating group) is 1. The van der Waals surface area contributed by atoms with Gasteiger partial charge in [-0.1, -0.05) is 44.9 Å². The van der Waals surface area contributed by atoms with Gasteiger partial charge in [0.25, 0.3) is 5.91 Å². The monoisotopic (exact) mass is 584 g/mol. The molecule has 3 aromatic carbocycles. The summed E-state index contributed by atoms with van der Waals surface area (Å²) < 4.78 is 30.2. The summed E-state index contributed by atoms with van der Waals surface area (Å²) in [6, 6.07) is 12.7. The Morgan fingerprint density at radius 2 is 1.77 bits per heavy atom. The molecule has 6 rings (SSSR count). The van der Waals surface area contributed by atoms with Crippen molar-refractivity contribution in [2.45, 2.75) is 39.5 Å². The first kappa shape index (κ1) is 28.7. The average Bonchev–Trinajstić information content (AvgIpc) is 3.35. The quantitative estimate of drug-likeness (QED) is 0.168. The van der Waals surface area contributed by atoms with Crippen molar-refractivity contribution in [3.8, 4) is 17.2 Å². The van der Waals surface area contributed by atoms with Gasteiger partial charge in [-0.2, -0.15) is 0 Å². The van der Waals surface area contributed by atoms with E-state index in [0.717, 1.165) is 48.6 Å². The Kier molecular flexibility index (Phi) is 7.83. The van der Waals surface area contributed by atoms with E-state index in [9.17, 15) is 9.59 Å². The van der Waals surface area contributed by atoms with Gasteiger partial charge in [0.05, 0.1) is 11.1 Å². The summed E-state index contributed by atoms with van der Waals surface area (Å²) >= 11 is 0. The summed E-state index contributed by atoms with van der Waals surface area (Å²) in [5.74, 6) is -0.340. The molecular weight excluding hydrogens is 547 g/mol. The smallest absolute Gasteiger partial charge is 0.256 e. The van der Waals surface area contributed by atoms with Gasteiger partial charge in [0, 0.05) is 49.7 Å². The molecule has 8 nitrogen and oxygen atoms in total. The van der Waals surface area contributed by atoms with E-state index in [1.807, 2.05) is 50.4 Å². The summed E-state index contributed by atoms with van der Waals surface area (Å²) in [7, 11) is 3.82. The zero-order valence-corrected chi connectivity index (χ0v) is 25.1. The highest BCUT2D eigenvalue weighted by Crippen LogP contribution is 2.48. The van der Waals surface area contributed by atoms with Gasteiger partial charge >= 0.3 is 0 Å². The molecule has 9 heteroatoms. The lowest BCUT2D eigenvalue weighted by molar-refractivity contribution is 0.0948. The van der Waals surface area contributed by atoms with Crippen LogP contribution < -0.4 is 20.4 Å². The number of carbonyl (C=O) groups is 1. The molecule has 0 aliphatic carbocycles. The molecule has 0 radical (unpaired) electrons. The second-order valence-electron chi connectivity index (χ2n) is 11.4. The number of rotatable bonds is 11. The SMILES string of the molecule is CCCCCN(C)CCNC(=O)c1cn2c3c(c(N(C)CCC)c(F)cc3c1=O)Oc1cc3c(cc1-2)oc1ccccc13. The number of pyridine rings is 1. The molecule has 5 aromatic rings. The molecule has 0 bridgehead atoms. The minimum absolute atomic E-state index is 0.0568. The van der Waals surface area contributed by atoms with Crippen LogP contribution >= 0.6 is 0 Å². The van der Waals surface area contributed by atoms with Crippen molar-refractivity contribution >= 4 is 44.4 Å². The zero-order valence-electron chi connectivity index (χ0n) is 25.1. The highest BCUT2D eigenvalue weighted by Gasteiger charge is 2.30. The number of hydrogen-bond acceptors (Lipinski definition) is 6. The van der Waals surface area contributed by atoms with Gasteiger partial charge < -0.3 is 28.8 Å². The Morgan fingerprint density at radius 1 is 0.953 bits per heavy atom. The fourth-order valence-corrected chi connectivity index (χ4v) is 5.99. The Hall–Kier alpha value is -4.37. The first-order valence-corrected chi connectivity index (χ1v) is 15.1. The van der Waals surface area contributed by atoms with E-state index >= 15 is 4.39 Å². The highest BCUT2D eigenvalue weighted by molar-refractivity contribution is 6.07. The third-order valence-electron chi connectivity index (χ3n) is 8.21. The second kappa shape index (κ2) is 11.7. The van der Waals surface area contributed by atoms with Crippen LogP contribution in [0.4, 0.5) is 10.1 Å². The number of carbonyl (C=O) groups excluding carboxylic acids is 1. The van der Waals surface area contributed by atoms with Crippen molar-refractivity contribution < 1.29 is 18.3 Å². The van der Waals surface area contributed by atoms with E-state index < -0.39 is 17.2 Å². The third kappa shape index (κ3) is 5.12. The number of ether oxygens (including phenoxy) is 1. The number of nitrogens with zero attached hydrogens (tertiary/aromatic N) is 3. The second-order valence-corrected chi connectivity index (χ2v) is 11.4. The number of fused-ring (bicyclic) bond motifs is 5. The molecule has 1 aliphatic heterocycles. The first-order valence-electron chi connectivity index (χ1n) is 15.1. The number of nitrogens with one attached hydrogen (secondary N) is 1. The fourth-order valence-electron chi connectivity index (χ4n) is 5.99. The number of unbranched alkanes of at least 4 members (excludes halogenated alkanes) is 2. The van der Waals surface area contributed by atoms with Crippen molar-refractivity contribution in [3.63, 3.8) is 0 Å². The summed E-state index contributed by atoms with van der Waals surface area (Å²) in [5, 5.41) is 4.77.